The molecule has 0 aliphatic carbocycles. The molecule has 0 saturated carbocycles. The van der Waals surface area contributed by atoms with Gasteiger partial charge in [-0.1, -0.05) is 23.2 Å². The molecule has 132 valence electrons. The van der Waals surface area contributed by atoms with E-state index in [1.54, 1.807) is 41.1 Å². The summed E-state index contributed by atoms with van der Waals surface area (Å²) in [5.74, 6) is -0.677. The van der Waals surface area contributed by atoms with Crippen LogP contribution in [0.5, 0.6) is 0 Å². The van der Waals surface area contributed by atoms with E-state index < -0.39 is 11.4 Å². The van der Waals surface area contributed by atoms with E-state index in [0.29, 0.717) is 16.3 Å². The molecule has 4 aromatic rings. The fourth-order valence-corrected chi connectivity index (χ4v) is 3.53. The van der Waals surface area contributed by atoms with Crippen molar-refractivity contribution < 1.29 is 9.53 Å². The lowest BCUT2D eigenvalue weighted by atomic mass is 10.2. The van der Waals surface area contributed by atoms with Gasteiger partial charge in [0.15, 0.2) is 5.65 Å². The van der Waals surface area contributed by atoms with Gasteiger partial charge in [0.1, 0.15) is 16.4 Å². The highest BCUT2D eigenvalue weighted by molar-refractivity contribution is 6.31. The molecule has 0 saturated heterocycles. The van der Waals surface area contributed by atoms with Gasteiger partial charge in [-0.25, -0.2) is 9.78 Å². The van der Waals surface area contributed by atoms with Gasteiger partial charge in [0.25, 0.3) is 0 Å². The van der Waals surface area contributed by atoms with Crippen molar-refractivity contribution in [2.24, 2.45) is 7.05 Å². The predicted molar refractivity (Wildman–Crippen MR) is 101 cm³/mol. The van der Waals surface area contributed by atoms with E-state index in [0.717, 1.165) is 11.0 Å². The lowest BCUT2D eigenvalue weighted by molar-refractivity contribution is 0.0526. The van der Waals surface area contributed by atoms with Gasteiger partial charge in [-0.05, 0) is 37.3 Å². The van der Waals surface area contributed by atoms with Crippen LogP contribution in [0.15, 0.2) is 35.1 Å². The number of carbonyl (C=O) groups is 1. The quantitative estimate of drug-likeness (QED) is 0.386. The minimum Gasteiger partial charge on any atom is -0.462 e. The van der Waals surface area contributed by atoms with E-state index >= 15 is 0 Å². The molecule has 26 heavy (non-hydrogen) atoms. The number of rotatable bonds is 2. The normalized spacial score (nSPS) is 11.5. The van der Waals surface area contributed by atoms with Crippen LogP contribution < -0.4 is 5.43 Å². The zero-order valence-corrected chi connectivity index (χ0v) is 15.4. The van der Waals surface area contributed by atoms with Crippen molar-refractivity contribution >= 4 is 56.9 Å². The standard InChI is InChI=1S/C18H13Cl2N3O3/c1-3-26-18(25)14-15(24)10-5-7-13(20)21-16(10)23-11-6-4-9(19)8-12(11)22(2)17(14)23/h4-8H,3H2,1-2H3. The molecule has 0 atom stereocenters. The second kappa shape index (κ2) is 6.00. The van der Waals surface area contributed by atoms with Gasteiger partial charge in [0.05, 0.1) is 23.0 Å². The lowest BCUT2D eigenvalue weighted by Gasteiger charge is -2.09. The van der Waals surface area contributed by atoms with Crippen LogP contribution in [0.4, 0.5) is 0 Å². The summed E-state index contributed by atoms with van der Waals surface area (Å²) in [4.78, 5) is 29.9. The van der Waals surface area contributed by atoms with Crippen molar-refractivity contribution in [2.75, 3.05) is 6.61 Å². The second-order valence-electron chi connectivity index (χ2n) is 5.78. The fraction of sp³-hybridized carbons (Fsp3) is 0.167. The molecule has 8 heteroatoms. The highest BCUT2D eigenvalue weighted by Gasteiger charge is 2.25. The first-order chi connectivity index (χ1) is 12.4. The largest absolute Gasteiger partial charge is 0.462 e. The third-order valence-corrected chi connectivity index (χ3v) is 4.74. The number of hydrogen-bond acceptors (Lipinski definition) is 4. The van der Waals surface area contributed by atoms with Crippen molar-refractivity contribution in [3.8, 4) is 0 Å². The number of aryl methyl sites for hydroxylation is 1. The number of ether oxygens (including phenoxy) is 1. The third-order valence-electron chi connectivity index (χ3n) is 4.30. The Bertz CT molecular complexity index is 1270. The van der Waals surface area contributed by atoms with Gasteiger partial charge in [-0.15, -0.1) is 0 Å². The average Bonchev–Trinajstić information content (AvgIpc) is 2.88. The van der Waals surface area contributed by atoms with Crippen molar-refractivity contribution in [2.45, 2.75) is 6.92 Å². The van der Waals surface area contributed by atoms with Gasteiger partial charge < -0.3 is 9.30 Å². The van der Waals surface area contributed by atoms with Crippen molar-refractivity contribution in [3.05, 3.63) is 56.3 Å². The van der Waals surface area contributed by atoms with Gasteiger partial charge in [-0.2, -0.15) is 0 Å². The molecule has 0 unspecified atom stereocenters. The molecule has 0 amide bonds. The molecule has 0 aliphatic heterocycles. The Morgan fingerprint density at radius 1 is 1.19 bits per heavy atom. The Balaban J connectivity index is 2.35. The van der Waals surface area contributed by atoms with Crippen LogP contribution in [0.25, 0.3) is 27.7 Å². The summed E-state index contributed by atoms with van der Waals surface area (Å²) in [5.41, 5.74) is 1.76. The minimum absolute atomic E-state index is 0.0432. The van der Waals surface area contributed by atoms with Crippen LogP contribution in [0.1, 0.15) is 17.3 Å². The second-order valence-corrected chi connectivity index (χ2v) is 6.60. The van der Waals surface area contributed by atoms with E-state index in [-0.39, 0.29) is 22.7 Å². The Labute approximate surface area is 157 Å². The third kappa shape index (κ3) is 2.29. The molecule has 0 fully saturated rings. The minimum atomic E-state index is -0.677. The summed E-state index contributed by atoms with van der Waals surface area (Å²) in [7, 11) is 1.76. The first kappa shape index (κ1) is 16.9. The Hall–Kier alpha value is -2.57. The number of imidazole rings is 1. The van der Waals surface area contributed by atoms with Crippen LogP contribution in [-0.2, 0) is 11.8 Å². The summed E-state index contributed by atoms with van der Waals surface area (Å²) in [6, 6.07) is 8.40. The number of carbonyl (C=O) groups excluding carboxylic acids is 1. The maximum absolute atomic E-state index is 13.0. The van der Waals surface area contributed by atoms with Crippen LogP contribution in [0.2, 0.25) is 10.2 Å². The van der Waals surface area contributed by atoms with Crippen molar-refractivity contribution in [3.63, 3.8) is 0 Å². The van der Waals surface area contributed by atoms with Crippen molar-refractivity contribution in [1.29, 1.82) is 0 Å². The number of hydrogen-bond donors (Lipinski definition) is 0. The van der Waals surface area contributed by atoms with Gasteiger partial charge in [0, 0.05) is 12.1 Å². The number of esters is 1. The highest BCUT2D eigenvalue weighted by Crippen LogP contribution is 2.28. The van der Waals surface area contributed by atoms with Crippen molar-refractivity contribution in [1.82, 2.24) is 14.0 Å². The van der Waals surface area contributed by atoms with Crippen LogP contribution in [0.3, 0.4) is 0 Å². The summed E-state index contributed by atoms with van der Waals surface area (Å²) >= 11 is 12.2. The predicted octanol–water partition coefficient (Wildman–Crippen LogP) is 3.82. The number of halogens is 2. The molecule has 0 N–H and O–H groups in total. The number of aromatic nitrogens is 3. The van der Waals surface area contributed by atoms with Crippen LogP contribution in [-0.4, -0.2) is 26.5 Å². The summed E-state index contributed by atoms with van der Waals surface area (Å²) < 4.78 is 8.60. The molecule has 4 rings (SSSR count). The molecule has 0 radical (unpaired) electrons. The van der Waals surface area contributed by atoms with Gasteiger partial charge in [-0.3, -0.25) is 9.20 Å². The Morgan fingerprint density at radius 3 is 2.69 bits per heavy atom. The van der Waals surface area contributed by atoms with E-state index in [2.05, 4.69) is 4.98 Å². The van der Waals surface area contributed by atoms with Crippen LogP contribution in [0, 0.1) is 0 Å². The number of benzene rings is 1. The Morgan fingerprint density at radius 2 is 1.96 bits per heavy atom. The van der Waals surface area contributed by atoms with E-state index in [1.807, 2.05) is 6.07 Å². The smallest absolute Gasteiger partial charge is 0.345 e. The first-order valence-corrected chi connectivity index (χ1v) is 8.65. The lowest BCUT2D eigenvalue weighted by Crippen LogP contribution is -2.21. The van der Waals surface area contributed by atoms with E-state index in [1.165, 1.54) is 6.07 Å². The summed E-state index contributed by atoms with van der Waals surface area (Å²) in [6.45, 7) is 1.85. The number of nitrogens with zero attached hydrogens (tertiary/aromatic N) is 3. The van der Waals surface area contributed by atoms with Gasteiger partial charge >= 0.3 is 5.97 Å². The average molecular weight is 390 g/mol. The zero-order chi connectivity index (χ0) is 18.6. The number of fused-ring (bicyclic) bond motifs is 5. The molecule has 3 heterocycles. The molecule has 0 bridgehead atoms. The van der Waals surface area contributed by atoms with Crippen LogP contribution >= 0.6 is 23.2 Å². The summed E-state index contributed by atoms with van der Waals surface area (Å²) in [5, 5.41) is 1.08. The molecular weight excluding hydrogens is 377 g/mol. The number of pyridine rings is 2. The molecule has 1 aromatic carbocycles. The van der Waals surface area contributed by atoms with Gasteiger partial charge in [0.2, 0.25) is 5.43 Å². The zero-order valence-electron chi connectivity index (χ0n) is 13.9. The molecular formula is C18H13Cl2N3O3. The first-order valence-electron chi connectivity index (χ1n) is 7.90. The molecule has 0 spiro atoms. The topological polar surface area (TPSA) is 65.6 Å². The molecule has 0 aliphatic rings. The molecule has 3 aromatic heterocycles. The van der Waals surface area contributed by atoms with E-state index in [4.69, 9.17) is 27.9 Å². The maximum atomic E-state index is 13.0. The SMILES string of the molecule is CCOC(=O)c1c(=O)c2ccc(Cl)nc2n2c3ccc(Cl)cc3n(C)c12. The fourth-order valence-electron chi connectivity index (χ4n) is 3.22. The highest BCUT2D eigenvalue weighted by atomic mass is 35.5. The maximum Gasteiger partial charge on any atom is 0.345 e. The summed E-state index contributed by atoms with van der Waals surface area (Å²) in [6.07, 6.45) is 0. The molecule has 6 nitrogen and oxygen atoms in total. The monoisotopic (exact) mass is 389 g/mol. The van der Waals surface area contributed by atoms with E-state index in [9.17, 15) is 9.59 Å². The Kier molecular flexibility index (Phi) is 3.89.